The SMILES string of the molecule is COc1ccc(CN2C(=O)[C@@H](CC(=O)Nc3cccc(Cl)c3)SC2=Nc2ccc(F)cc2)cc1. The van der Waals surface area contributed by atoms with Crippen LogP contribution in [0.3, 0.4) is 0 Å². The average molecular weight is 498 g/mol. The van der Waals surface area contributed by atoms with E-state index in [1.54, 1.807) is 36.3 Å². The molecule has 0 aliphatic carbocycles. The number of methoxy groups -OCH3 is 1. The Hall–Kier alpha value is -3.36. The van der Waals surface area contributed by atoms with Gasteiger partial charge in [0.1, 0.15) is 16.8 Å². The molecule has 3 aromatic carbocycles. The number of hydrogen-bond donors (Lipinski definition) is 1. The smallest absolute Gasteiger partial charge is 0.242 e. The molecule has 2 amide bonds. The first-order valence-corrected chi connectivity index (χ1v) is 11.7. The molecule has 174 valence electrons. The van der Waals surface area contributed by atoms with Gasteiger partial charge < -0.3 is 10.1 Å². The highest BCUT2D eigenvalue weighted by Crippen LogP contribution is 2.33. The Kier molecular flexibility index (Phi) is 7.49. The second kappa shape index (κ2) is 10.7. The summed E-state index contributed by atoms with van der Waals surface area (Å²) in [5, 5.41) is 3.09. The third-order valence-corrected chi connectivity index (χ3v) is 6.46. The van der Waals surface area contributed by atoms with Crippen molar-refractivity contribution in [3.05, 3.63) is 89.2 Å². The molecule has 6 nitrogen and oxygen atoms in total. The summed E-state index contributed by atoms with van der Waals surface area (Å²) in [4.78, 5) is 32.0. The normalized spacial score (nSPS) is 16.7. The molecule has 0 spiro atoms. The Morgan fingerprint density at radius 2 is 1.88 bits per heavy atom. The van der Waals surface area contributed by atoms with Crippen molar-refractivity contribution in [3.63, 3.8) is 0 Å². The maximum Gasteiger partial charge on any atom is 0.242 e. The number of rotatable bonds is 7. The fourth-order valence-corrected chi connectivity index (χ4v) is 4.70. The molecular weight excluding hydrogens is 477 g/mol. The number of aliphatic imine (C=N–C) groups is 1. The van der Waals surface area contributed by atoms with E-state index in [1.807, 2.05) is 24.3 Å². The van der Waals surface area contributed by atoms with Crippen LogP contribution in [0.25, 0.3) is 0 Å². The molecule has 0 unspecified atom stereocenters. The van der Waals surface area contributed by atoms with Crippen molar-refractivity contribution < 1.29 is 18.7 Å². The van der Waals surface area contributed by atoms with Crippen LogP contribution in [-0.2, 0) is 16.1 Å². The van der Waals surface area contributed by atoms with Gasteiger partial charge in [0.25, 0.3) is 0 Å². The minimum Gasteiger partial charge on any atom is -0.497 e. The topological polar surface area (TPSA) is 71.0 Å². The third kappa shape index (κ3) is 5.95. The third-order valence-electron chi connectivity index (χ3n) is 5.05. The van der Waals surface area contributed by atoms with Gasteiger partial charge in [-0.15, -0.1) is 0 Å². The Morgan fingerprint density at radius 1 is 1.15 bits per heavy atom. The van der Waals surface area contributed by atoms with Crippen molar-refractivity contribution in [3.8, 4) is 5.75 Å². The molecule has 0 radical (unpaired) electrons. The van der Waals surface area contributed by atoms with Crippen LogP contribution in [0.5, 0.6) is 5.75 Å². The number of carbonyl (C=O) groups is 2. The number of anilines is 1. The van der Waals surface area contributed by atoms with E-state index in [4.69, 9.17) is 16.3 Å². The Morgan fingerprint density at radius 3 is 2.56 bits per heavy atom. The predicted molar refractivity (Wildman–Crippen MR) is 133 cm³/mol. The quantitative estimate of drug-likeness (QED) is 0.458. The zero-order valence-corrected chi connectivity index (χ0v) is 19.8. The monoisotopic (exact) mass is 497 g/mol. The van der Waals surface area contributed by atoms with Crippen LogP contribution >= 0.6 is 23.4 Å². The maximum absolute atomic E-state index is 13.3. The summed E-state index contributed by atoms with van der Waals surface area (Å²) in [6, 6.07) is 19.9. The number of amidine groups is 1. The number of hydrogen-bond acceptors (Lipinski definition) is 5. The lowest BCUT2D eigenvalue weighted by Gasteiger charge is -2.17. The molecule has 1 aliphatic rings. The van der Waals surface area contributed by atoms with Crippen molar-refractivity contribution in [2.75, 3.05) is 12.4 Å². The molecule has 1 N–H and O–H groups in total. The van der Waals surface area contributed by atoms with Crippen molar-refractivity contribution in [1.29, 1.82) is 0 Å². The fraction of sp³-hybridized carbons (Fsp3) is 0.160. The van der Waals surface area contributed by atoms with Crippen LogP contribution in [0, 0.1) is 5.82 Å². The highest BCUT2D eigenvalue weighted by atomic mass is 35.5. The van der Waals surface area contributed by atoms with Crippen molar-refractivity contribution in [2.45, 2.75) is 18.2 Å². The molecule has 1 saturated heterocycles. The van der Waals surface area contributed by atoms with Crippen LogP contribution in [0.2, 0.25) is 5.02 Å². The lowest BCUT2D eigenvalue weighted by Crippen LogP contribution is -2.33. The van der Waals surface area contributed by atoms with E-state index in [0.717, 1.165) is 5.56 Å². The van der Waals surface area contributed by atoms with Crippen LogP contribution < -0.4 is 10.1 Å². The van der Waals surface area contributed by atoms with E-state index in [2.05, 4.69) is 10.3 Å². The minimum absolute atomic E-state index is 0.0302. The number of nitrogens with zero attached hydrogens (tertiary/aromatic N) is 2. The van der Waals surface area contributed by atoms with Gasteiger partial charge in [0.2, 0.25) is 11.8 Å². The molecule has 1 atom stereocenters. The van der Waals surface area contributed by atoms with Gasteiger partial charge >= 0.3 is 0 Å². The second-order valence-corrected chi connectivity index (χ2v) is 9.12. The zero-order valence-electron chi connectivity index (χ0n) is 18.2. The largest absolute Gasteiger partial charge is 0.497 e. The number of halogens is 2. The highest BCUT2D eigenvalue weighted by molar-refractivity contribution is 8.15. The van der Waals surface area contributed by atoms with Crippen LogP contribution in [0.1, 0.15) is 12.0 Å². The van der Waals surface area contributed by atoms with Crippen LogP contribution in [-0.4, -0.2) is 34.2 Å². The number of nitrogens with one attached hydrogen (secondary N) is 1. The summed E-state index contributed by atoms with van der Waals surface area (Å²) >= 11 is 7.20. The van der Waals surface area contributed by atoms with E-state index in [-0.39, 0.29) is 30.6 Å². The second-order valence-electron chi connectivity index (χ2n) is 7.51. The summed E-state index contributed by atoms with van der Waals surface area (Å²) in [7, 11) is 1.59. The average Bonchev–Trinajstić information content (AvgIpc) is 3.09. The summed E-state index contributed by atoms with van der Waals surface area (Å²) in [6.07, 6.45) is -0.0302. The first-order valence-electron chi connectivity index (χ1n) is 10.4. The molecule has 0 bridgehead atoms. The Bertz CT molecular complexity index is 1220. The van der Waals surface area contributed by atoms with Crippen molar-refractivity contribution >= 4 is 51.7 Å². The van der Waals surface area contributed by atoms with E-state index < -0.39 is 5.25 Å². The van der Waals surface area contributed by atoms with Crippen LogP contribution in [0.15, 0.2) is 77.8 Å². The predicted octanol–water partition coefficient (Wildman–Crippen LogP) is 5.65. The molecule has 9 heteroatoms. The summed E-state index contributed by atoms with van der Waals surface area (Å²) in [6.45, 7) is 0.280. The molecule has 34 heavy (non-hydrogen) atoms. The van der Waals surface area contributed by atoms with Gasteiger partial charge in [-0.05, 0) is 60.2 Å². The van der Waals surface area contributed by atoms with E-state index >= 15 is 0 Å². The number of amides is 2. The fourth-order valence-electron chi connectivity index (χ4n) is 3.36. The van der Waals surface area contributed by atoms with E-state index in [0.29, 0.717) is 27.3 Å². The molecule has 1 fully saturated rings. The van der Waals surface area contributed by atoms with Gasteiger partial charge in [-0.3, -0.25) is 14.5 Å². The molecule has 0 saturated carbocycles. The first-order chi connectivity index (χ1) is 16.4. The van der Waals surface area contributed by atoms with Crippen LogP contribution in [0.4, 0.5) is 15.8 Å². The Balaban J connectivity index is 1.54. The van der Waals surface area contributed by atoms with Gasteiger partial charge in [-0.25, -0.2) is 9.38 Å². The minimum atomic E-state index is -0.642. The molecule has 0 aromatic heterocycles. The van der Waals surface area contributed by atoms with Crippen molar-refractivity contribution in [1.82, 2.24) is 4.90 Å². The van der Waals surface area contributed by atoms with Gasteiger partial charge in [0.05, 0.1) is 19.3 Å². The Labute approximate surface area is 205 Å². The van der Waals surface area contributed by atoms with E-state index in [9.17, 15) is 14.0 Å². The maximum atomic E-state index is 13.3. The lowest BCUT2D eigenvalue weighted by atomic mass is 10.2. The van der Waals surface area contributed by atoms with Crippen molar-refractivity contribution in [2.24, 2.45) is 4.99 Å². The molecule has 3 aromatic rings. The standard InChI is InChI=1S/C25H21ClFN3O3S/c1-33-21-11-5-16(6-12-21)15-30-24(32)22(14-23(31)28-20-4-2-3-17(26)13-20)34-25(30)29-19-9-7-18(27)8-10-19/h2-13,22H,14-15H2,1H3,(H,28,31)/t22-/m1/s1. The highest BCUT2D eigenvalue weighted by Gasteiger charge is 2.39. The molecule has 4 rings (SSSR count). The summed E-state index contributed by atoms with van der Waals surface area (Å²) < 4.78 is 18.5. The van der Waals surface area contributed by atoms with Gasteiger partial charge in [0, 0.05) is 17.1 Å². The van der Waals surface area contributed by atoms with Gasteiger partial charge in [0.15, 0.2) is 5.17 Å². The number of benzene rings is 3. The number of carbonyl (C=O) groups excluding carboxylic acids is 2. The molecule has 1 heterocycles. The first kappa shape index (κ1) is 23.8. The zero-order chi connectivity index (χ0) is 24.1. The summed E-state index contributed by atoms with van der Waals surface area (Å²) in [5.74, 6) is -0.185. The number of thioether (sulfide) groups is 1. The van der Waals surface area contributed by atoms with Gasteiger partial charge in [-0.1, -0.05) is 41.6 Å². The lowest BCUT2D eigenvalue weighted by molar-refractivity contribution is -0.128. The molecule has 1 aliphatic heterocycles. The molecular formula is C25H21ClFN3O3S. The number of ether oxygens (including phenoxy) is 1. The van der Waals surface area contributed by atoms with Gasteiger partial charge in [-0.2, -0.15) is 0 Å². The summed E-state index contributed by atoms with van der Waals surface area (Å²) in [5.41, 5.74) is 1.95. The van der Waals surface area contributed by atoms with E-state index in [1.165, 1.54) is 36.0 Å².